The monoisotopic (exact) mass is 430 g/mol. The van der Waals surface area contributed by atoms with Gasteiger partial charge in [-0.05, 0) is 50.1 Å². The number of methoxy groups -OCH3 is 2. The summed E-state index contributed by atoms with van der Waals surface area (Å²) in [4.78, 5) is 11.8. The Morgan fingerprint density at radius 3 is 2.55 bits per heavy atom. The normalized spacial score (nSPS) is 10.7. The van der Waals surface area contributed by atoms with Gasteiger partial charge in [-0.25, -0.2) is 5.43 Å². The molecule has 0 bridgehead atoms. The van der Waals surface area contributed by atoms with E-state index >= 15 is 0 Å². The van der Waals surface area contributed by atoms with Crippen molar-refractivity contribution in [3.63, 3.8) is 0 Å². The third-order valence-electron chi connectivity index (χ3n) is 2.67. The van der Waals surface area contributed by atoms with E-state index in [1.165, 1.54) is 6.21 Å². The fraction of sp³-hybridized carbons (Fsp3) is 0.143. The number of rotatable bonds is 5. The van der Waals surface area contributed by atoms with Gasteiger partial charge >= 0.3 is 5.91 Å². The van der Waals surface area contributed by atoms with Crippen molar-refractivity contribution in [1.29, 1.82) is 0 Å². The van der Waals surface area contributed by atoms with E-state index in [9.17, 15) is 4.79 Å². The van der Waals surface area contributed by atoms with Crippen molar-refractivity contribution < 1.29 is 18.7 Å². The SMILES string of the molecule is COc1cc(OC)c(/C=N/NC(=O)c2ccc(Br)o2)cc1Br. The van der Waals surface area contributed by atoms with Gasteiger partial charge in [0.15, 0.2) is 10.4 Å². The second-order valence-corrected chi connectivity index (χ2v) is 5.67. The predicted octanol–water partition coefficient (Wildman–Crippen LogP) is 3.59. The third-order valence-corrected chi connectivity index (χ3v) is 3.72. The van der Waals surface area contributed by atoms with Crippen LogP contribution in [0.4, 0.5) is 0 Å². The molecule has 1 aromatic heterocycles. The lowest BCUT2D eigenvalue weighted by molar-refractivity contribution is 0.0926. The fourth-order valence-corrected chi connectivity index (χ4v) is 2.47. The van der Waals surface area contributed by atoms with Crippen LogP contribution >= 0.6 is 31.9 Å². The Balaban J connectivity index is 2.13. The first-order chi connectivity index (χ1) is 10.5. The van der Waals surface area contributed by atoms with Crippen LogP contribution in [-0.2, 0) is 0 Å². The zero-order chi connectivity index (χ0) is 16.1. The van der Waals surface area contributed by atoms with E-state index in [2.05, 4.69) is 42.4 Å². The highest BCUT2D eigenvalue weighted by molar-refractivity contribution is 9.10. The van der Waals surface area contributed by atoms with Gasteiger partial charge in [0.2, 0.25) is 0 Å². The number of nitrogens with one attached hydrogen (secondary N) is 1. The highest BCUT2D eigenvalue weighted by Gasteiger charge is 2.10. The number of hydrazone groups is 1. The van der Waals surface area contributed by atoms with Crippen LogP contribution in [0, 0.1) is 0 Å². The summed E-state index contributed by atoms with van der Waals surface area (Å²) in [5.41, 5.74) is 3.05. The molecule has 0 saturated carbocycles. The van der Waals surface area contributed by atoms with Crippen molar-refractivity contribution >= 4 is 44.0 Å². The van der Waals surface area contributed by atoms with Crippen molar-refractivity contribution in [1.82, 2.24) is 5.43 Å². The fourth-order valence-electron chi connectivity index (χ4n) is 1.64. The molecule has 0 saturated heterocycles. The average Bonchev–Trinajstić information content (AvgIpc) is 2.94. The smallest absolute Gasteiger partial charge is 0.307 e. The molecule has 1 amide bonds. The Bertz CT molecular complexity index is 713. The molecule has 0 unspecified atom stereocenters. The second kappa shape index (κ2) is 7.46. The number of halogens is 2. The molecule has 116 valence electrons. The van der Waals surface area contributed by atoms with Gasteiger partial charge < -0.3 is 13.9 Å². The van der Waals surface area contributed by atoms with Gasteiger partial charge in [0.05, 0.1) is 24.9 Å². The minimum Gasteiger partial charge on any atom is -0.496 e. The van der Waals surface area contributed by atoms with E-state index in [-0.39, 0.29) is 5.76 Å². The van der Waals surface area contributed by atoms with Gasteiger partial charge in [0.1, 0.15) is 11.5 Å². The van der Waals surface area contributed by atoms with Gasteiger partial charge in [0, 0.05) is 11.6 Å². The maximum Gasteiger partial charge on any atom is 0.307 e. The highest BCUT2D eigenvalue weighted by atomic mass is 79.9. The number of hydrogen-bond donors (Lipinski definition) is 1. The number of ether oxygens (including phenoxy) is 2. The molecule has 2 rings (SSSR count). The first-order valence-electron chi connectivity index (χ1n) is 6.05. The molecule has 0 radical (unpaired) electrons. The summed E-state index contributed by atoms with van der Waals surface area (Å²) in [5.74, 6) is 0.914. The molecule has 0 aliphatic carbocycles. The Morgan fingerprint density at radius 1 is 1.23 bits per heavy atom. The molecule has 22 heavy (non-hydrogen) atoms. The third kappa shape index (κ3) is 3.89. The van der Waals surface area contributed by atoms with Gasteiger partial charge in [-0.15, -0.1) is 0 Å². The number of carbonyl (C=O) groups excluding carboxylic acids is 1. The quantitative estimate of drug-likeness (QED) is 0.580. The largest absolute Gasteiger partial charge is 0.496 e. The number of amides is 1. The molecular formula is C14H12Br2N2O4. The molecule has 0 atom stereocenters. The lowest BCUT2D eigenvalue weighted by Crippen LogP contribution is -2.16. The molecule has 0 aliphatic heterocycles. The summed E-state index contributed by atoms with van der Waals surface area (Å²) >= 11 is 6.51. The zero-order valence-corrected chi connectivity index (χ0v) is 14.9. The van der Waals surface area contributed by atoms with E-state index in [0.29, 0.717) is 21.7 Å². The van der Waals surface area contributed by atoms with E-state index in [1.54, 1.807) is 38.5 Å². The summed E-state index contributed by atoms with van der Waals surface area (Å²) in [6.07, 6.45) is 1.47. The maximum absolute atomic E-state index is 11.8. The summed E-state index contributed by atoms with van der Waals surface area (Å²) < 4.78 is 16.8. The minimum atomic E-state index is -0.450. The van der Waals surface area contributed by atoms with Crippen LogP contribution in [0.2, 0.25) is 0 Å². The molecule has 0 spiro atoms. The molecule has 1 heterocycles. The first kappa shape index (κ1) is 16.6. The second-order valence-electron chi connectivity index (χ2n) is 4.03. The van der Waals surface area contributed by atoms with Gasteiger partial charge in [-0.2, -0.15) is 5.10 Å². The van der Waals surface area contributed by atoms with Crippen LogP contribution in [-0.4, -0.2) is 26.3 Å². The van der Waals surface area contributed by atoms with Gasteiger partial charge in [0.25, 0.3) is 0 Å². The molecular weight excluding hydrogens is 420 g/mol. The number of nitrogens with zero attached hydrogens (tertiary/aromatic N) is 1. The molecule has 1 N–H and O–H groups in total. The summed E-state index contributed by atoms with van der Waals surface area (Å²) in [7, 11) is 3.11. The number of benzene rings is 1. The van der Waals surface area contributed by atoms with E-state index in [1.807, 2.05) is 0 Å². The van der Waals surface area contributed by atoms with Crippen molar-refractivity contribution in [3.8, 4) is 11.5 Å². The summed E-state index contributed by atoms with van der Waals surface area (Å²) in [5, 5.41) is 3.89. The molecule has 0 aliphatic rings. The van der Waals surface area contributed by atoms with E-state index in [0.717, 1.165) is 4.47 Å². The van der Waals surface area contributed by atoms with Gasteiger partial charge in [-0.1, -0.05) is 0 Å². The van der Waals surface area contributed by atoms with Crippen molar-refractivity contribution in [2.24, 2.45) is 5.10 Å². The Morgan fingerprint density at radius 2 is 1.95 bits per heavy atom. The minimum absolute atomic E-state index is 0.159. The van der Waals surface area contributed by atoms with Crippen LogP contribution in [0.1, 0.15) is 16.1 Å². The lowest BCUT2D eigenvalue weighted by atomic mass is 10.2. The first-order valence-corrected chi connectivity index (χ1v) is 7.64. The molecule has 1 aromatic carbocycles. The maximum atomic E-state index is 11.8. The summed E-state index contributed by atoms with van der Waals surface area (Å²) in [6.45, 7) is 0. The van der Waals surface area contributed by atoms with Crippen molar-refractivity contribution in [3.05, 3.63) is 44.7 Å². The zero-order valence-electron chi connectivity index (χ0n) is 11.7. The van der Waals surface area contributed by atoms with Crippen molar-refractivity contribution in [2.75, 3.05) is 14.2 Å². The summed E-state index contributed by atoms with van der Waals surface area (Å²) in [6, 6.07) is 6.66. The molecule has 2 aromatic rings. The van der Waals surface area contributed by atoms with E-state index < -0.39 is 5.91 Å². The van der Waals surface area contributed by atoms with Crippen LogP contribution in [0.25, 0.3) is 0 Å². The highest BCUT2D eigenvalue weighted by Crippen LogP contribution is 2.31. The van der Waals surface area contributed by atoms with Gasteiger partial charge in [-0.3, -0.25) is 4.79 Å². The molecule has 8 heteroatoms. The molecule has 6 nitrogen and oxygen atoms in total. The predicted molar refractivity (Wildman–Crippen MR) is 88.7 cm³/mol. The number of carbonyl (C=O) groups is 1. The standard InChI is InChI=1S/C14H12Br2N2O4/c1-20-11-6-12(21-2)9(15)5-8(11)7-17-18-14(19)10-3-4-13(16)22-10/h3-7H,1-2H3,(H,18,19)/b17-7+. The molecule has 0 fully saturated rings. The Hall–Kier alpha value is -1.80. The van der Waals surface area contributed by atoms with Crippen LogP contribution in [0.15, 0.2) is 42.9 Å². The van der Waals surface area contributed by atoms with Crippen LogP contribution in [0.5, 0.6) is 11.5 Å². The van der Waals surface area contributed by atoms with Crippen LogP contribution in [0.3, 0.4) is 0 Å². The van der Waals surface area contributed by atoms with E-state index in [4.69, 9.17) is 13.9 Å². The van der Waals surface area contributed by atoms with Crippen LogP contribution < -0.4 is 14.9 Å². The number of furan rings is 1. The number of hydrogen-bond acceptors (Lipinski definition) is 5. The van der Waals surface area contributed by atoms with Crippen molar-refractivity contribution in [2.45, 2.75) is 0 Å². The Labute approximate surface area is 143 Å². The lowest BCUT2D eigenvalue weighted by Gasteiger charge is -2.09. The average molecular weight is 432 g/mol. The Kier molecular flexibility index (Phi) is 5.62. The topological polar surface area (TPSA) is 73.1 Å².